The number of amides is 2. The fraction of sp³-hybridized carbons (Fsp3) is 0.231. The van der Waals surface area contributed by atoms with E-state index in [1.54, 1.807) is 57.5 Å². The molecule has 7 nitrogen and oxygen atoms in total. The number of nitrogens with zero attached hydrogens (tertiary/aromatic N) is 1. The first-order valence-corrected chi connectivity index (χ1v) is 10.5. The van der Waals surface area contributed by atoms with E-state index in [1.807, 2.05) is 42.5 Å². The molecule has 7 heteroatoms. The minimum Gasteiger partial charge on any atom is -0.497 e. The van der Waals surface area contributed by atoms with Gasteiger partial charge in [-0.05, 0) is 41.5 Å². The average Bonchev–Trinajstić information content (AvgIpc) is 2.86. The number of hydrogen-bond acceptors (Lipinski definition) is 5. The summed E-state index contributed by atoms with van der Waals surface area (Å²) in [6.07, 6.45) is 0. The number of rotatable bonds is 6. The Morgan fingerprint density at radius 2 is 1.58 bits per heavy atom. The van der Waals surface area contributed by atoms with Crippen LogP contribution in [0.4, 0.5) is 5.69 Å². The van der Waals surface area contributed by atoms with E-state index in [0.29, 0.717) is 34.1 Å². The van der Waals surface area contributed by atoms with Gasteiger partial charge in [-0.15, -0.1) is 0 Å². The number of nitrogens with one attached hydrogen (secondary N) is 1. The summed E-state index contributed by atoms with van der Waals surface area (Å²) in [5.74, 6) is 0.815. The normalized spacial score (nSPS) is 17.2. The lowest BCUT2D eigenvalue weighted by Crippen LogP contribution is -2.44. The van der Waals surface area contributed by atoms with E-state index in [2.05, 4.69) is 5.32 Å². The number of ether oxygens (including phenoxy) is 3. The lowest BCUT2D eigenvalue weighted by molar-refractivity contribution is -0.119. The number of methoxy groups -OCH3 is 3. The zero-order valence-corrected chi connectivity index (χ0v) is 19.0. The van der Waals surface area contributed by atoms with Crippen molar-refractivity contribution in [2.75, 3.05) is 33.7 Å². The Kier molecular flexibility index (Phi) is 6.22. The third-order valence-electron chi connectivity index (χ3n) is 5.97. The SMILES string of the molecule is COc1ccc([C@@H]2[C@H](C(=O)Nc3ccc(OC)c(OC)c3)c3ccccc3C(=O)N2C)cc1. The second-order valence-electron chi connectivity index (χ2n) is 7.76. The van der Waals surface area contributed by atoms with Crippen molar-refractivity contribution in [1.82, 2.24) is 4.90 Å². The number of benzene rings is 3. The summed E-state index contributed by atoms with van der Waals surface area (Å²) in [4.78, 5) is 28.5. The summed E-state index contributed by atoms with van der Waals surface area (Å²) < 4.78 is 15.9. The molecule has 2 atom stereocenters. The highest BCUT2D eigenvalue weighted by Crippen LogP contribution is 2.43. The zero-order valence-electron chi connectivity index (χ0n) is 19.0. The van der Waals surface area contributed by atoms with Gasteiger partial charge in [-0.3, -0.25) is 9.59 Å². The summed E-state index contributed by atoms with van der Waals surface area (Å²) in [6.45, 7) is 0. The summed E-state index contributed by atoms with van der Waals surface area (Å²) in [7, 11) is 6.42. The molecule has 0 saturated heterocycles. The maximum Gasteiger partial charge on any atom is 0.254 e. The molecule has 1 heterocycles. The smallest absolute Gasteiger partial charge is 0.254 e. The molecule has 33 heavy (non-hydrogen) atoms. The quantitative estimate of drug-likeness (QED) is 0.612. The second-order valence-corrected chi connectivity index (χ2v) is 7.76. The minimum absolute atomic E-state index is 0.124. The summed E-state index contributed by atoms with van der Waals surface area (Å²) in [5.41, 5.74) is 2.63. The van der Waals surface area contributed by atoms with Gasteiger partial charge in [0, 0.05) is 24.4 Å². The van der Waals surface area contributed by atoms with Crippen molar-refractivity contribution in [2.45, 2.75) is 12.0 Å². The number of carbonyl (C=O) groups excluding carboxylic acids is 2. The van der Waals surface area contributed by atoms with Gasteiger partial charge in [0.2, 0.25) is 5.91 Å². The van der Waals surface area contributed by atoms with Crippen LogP contribution in [-0.2, 0) is 4.79 Å². The molecule has 2 amide bonds. The Balaban J connectivity index is 1.76. The van der Waals surface area contributed by atoms with Crippen LogP contribution in [0.15, 0.2) is 66.7 Å². The van der Waals surface area contributed by atoms with Gasteiger partial charge in [0.05, 0.1) is 33.3 Å². The number of hydrogen-bond donors (Lipinski definition) is 1. The second kappa shape index (κ2) is 9.24. The Bertz CT molecular complexity index is 1180. The highest BCUT2D eigenvalue weighted by Gasteiger charge is 2.42. The monoisotopic (exact) mass is 446 g/mol. The van der Waals surface area contributed by atoms with Gasteiger partial charge < -0.3 is 24.4 Å². The van der Waals surface area contributed by atoms with Crippen molar-refractivity contribution in [3.63, 3.8) is 0 Å². The summed E-state index contributed by atoms with van der Waals surface area (Å²) in [6, 6.07) is 19.4. The Labute approximate surface area is 192 Å². The van der Waals surface area contributed by atoms with Gasteiger partial charge in [0.25, 0.3) is 5.91 Å². The molecule has 0 spiro atoms. The van der Waals surface area contributed by atoms with E-state index >= 15 is 0 Å². The van der Waals surface area contributed by atoms with Gasteiger partial charge in [-0.2, -0.15) is 0 Å². The van der Waals surface area contributed by atoms with Crippen molar-refractivity contribution in [2.24, 2.45) is 0 Å². The van der Waals surface area contributed by atoms with E-state index in [9.17, 15) is 9.59 Å². The molecule has 0 radical (unpaired) electrons. The van der Waals surface area contributed by atoms with E-state index < -0.39 is 12.0 Å². The summed E-state index contributed by atoms with van der Waals surface area (Å²) >= 11 is 0. The van der Waals surface area contributed by atoms with Crippen LogP contribution in [0.2, 0.25) is 0 Å². The van der Waals surface area contributed by atoms with Crippen LogP contribution in [0.5, 0.6) is 17.2 Å². The Morgan fingerprint density at radius 3 is 2.24 bits per heavy atom. The summed E-state index contributed by atoms with van der Waals surface area (Å²) in [5, 5.41) is 3.00. The molecule has 170 valence electrons. The van der Waals surface area contributed by atoms with E-state index in [4.69, 9.17) is 14.2 Å². The fourth-order valence-electron chi connectivity index (χ4n) is 4.31. The molecular formula is C26H26N2O5. The molecule has 3 aromatic carbocycles. The van der Waals surface area contributed by atoms with Gasteiger partial charge >= 0.3 is 0 Å². The molecule has 1 aliphatic heterocycles. The maximum atomic E-state index is 13.7. The molecule has 0 aliphatic carbocycles. The molecule has 4 rings (SSSR count). The van der Waals surface area contributed by atoms with Crippen LogP contribution in [0.3, 0.4) is 0 Å². The van der Waals surface area contributed by atoms with Gasteiger partial charge in [-0.1, -0.05) is 30.3 Å². The number of likely N-dealkylation sites (N-methyl/N-ethyl adjacent to an activating group) is 1. The van der Waals surface area contributed by atoms with Crippen molar-refractivity contribution in [3.8, 4) is 17.2 Å². The fourth-order valence-corrected chi connectivity index (χ4v) is 4.31. The lowest BCUT2D eigenvalue weighted by atomic mass is 9.79. The highest BCUT2D eigenvalue weighted by atomic mass is 16.5. The molecule has 0 unspecified atom stereocenters. The predicted octanol–water partition coefficient (Wildman–Crippen LogP) is 4.26. The molecular weight excluding hydrogens is 420 g/mol. The van der Waals surface area contributed by atoms with E-state index in [0.717, 1.165) is 5.56 Å². The number of anilines is 1. The highest BCUT2D eigenvalue weighted by molar-refractivity contribution is 6.04. The first-order valence-electron chi connectivity index (χ1n) is 10.5. The van der Waals surface area contributed by atoms with Gasteiger partial charge in [0.1, 0.15) is 5.75 Å². The third kappa shape index (κ3) is 4.09. The van der Waals surface area contributed by atoms with E-state index in [1.165, 1.54) is 0 Å². The molecule has 1 aliphatic rings. The molecule has 1 N–H and O–H groups in total. The maximum absolute atomic E-state index is 13.7. The molecule has 3 aromatic rings. The van der Waals surface area contributed by atoms with Crippen LogP contribution in [0.1, 0.15) is 33.4 Å². The number of carbonyl (C=O) groups is 2. The van der Waals surface area contributed by atoms with Gasteiger partial charge in [-0.25, -0.2) is 0 Å². The largest absolute Gasteiger partial charge is 0.497 e. The number of fused-ring (bicyclic) bond motifs is 1. The molecule has 0 fully saturated rings. The first-order chi connectivity index (χ1) is 16.0. The average molecular weight is 447 g/mol. The van der Waals surface area contributed by atoms with Crippen molar-refractivity contribution < 1.29 is 23.8 Å². The zero-order chi connectivity index (χ0) is 23.5. The van der Waals surface area contributed by atoms with Crippen molar-refractivity contribution in [1.29, 1.82) is 0 Å². The van der Waals surface area contributed by atoms with Gasteiger partial charge in [0.15, 0.2) is 11.5 Å². The lowest BCUT2D eigenvalue weighted by Gasteiger charge is -2.39. The van der Waals surface area contributed by atoms with Crippen LogP contribution in [-0.4, -0.2) is 45.1 Å². The topological polar surface area (TPSA) is 77.1 Å². The van der Waals surface area contributed by atoms with Crippen LogP contribution >= 0.6 is 0 Å². The first kappa shape index (κ1) is 22.2. The molecule has 0 bridgehead atoms. The van der Waals surface area contributed by atoms with Crippen molar-refractivity contribution in [3.05, 3.63) is 83.4 Å². The Hall–Kier alpha value is -4.00. The predicted molar refractivity (Wildman–Crippen MR) is 125 cm³/mol. The molecule has 0 aromatic heterocycles. The standard InChI is InChI=1S/C26H26N2O5/c1-28-24(16-9-12-18(31-2)13-10-16)23(19-7-5-6-8-20(19)26(28)30)25(29)27-17-11-14-21(32-3)22(15-17)33-4/h5-15,23-24H,1-4H3,(H,27,29)/t23-,24-/m1/s1. The van der Waals surface area contributed by atoms with Crippen LogP contribution in [0, 0.1) is 0 Å². The van der Waals surface area contributed by atoms with Crippen LogP contribution in [0.25, 0.3) is 0 Å². The third-order valence-corrected chi connectivity index (χ3v) is 5.97. The minimum atomic E-state index is -0.620. The van der Waals surface area contributed by atoms with Crippen LogP contribution < -0.4 is 19.5 Å². The Morgan fingerprint density at radius 1 is 0.879 bits per heavy atom. The molecule has 0 saturated carbocycles. The van der Waals surface area contributed by atoms with Crippen molar-refractivity contribution >= 4 is 17.5 Å². The van der Waals surface area contributed by atoms with E-state index in [-0.39, 0.29) is 11.8 Å².